The van der Waals surface area contributed by atoms with Gasteiger partial charge < -0.3 is 26.4 Å². The summed E-state index contributed by atoms with van der Waals surface area (Å²) in [6, 6.07) is 22.2. The lowest BCUT2D eigenvalue weighted by molar-refractivity contribution is -0.140. The number of Topliss-reactive ketones (excluding diaryl/α,β-unsaturated/α-hetero) is 1. The summed E-state index contributed by atoms with van der Waals surface area (Å²) < 4.78 is 217. The zero-order chi connectivity index (χ0) is 57.5. The summed E-state index contributed by atoms with van der Waals surface area (Å²) in [5.74, 6) is -5.84. The van der Waals surface area contributed by atoms with Gasteiger partial charge in [-0.15, -0.1) is 0 Å². The molecule has 4 amide bonds. The van der Waals surface area contributed by atoms with Crippen LogP contribution in [0.5, 0.6) is 0 Å². The topological polar surface area (TPSA) is 120 Å². The van der Waals surface area contributed by atoms with Crippen LogP contribution in [0.25, 0.3) is 0 Å². The maximum Gasteiger partial charge on any atom is 0.419 e. The third kappa shape index (κ3) is 16.2. The highest BCUT2D eigenvalue weighted by Crippen LogP contribution is 2.42. The Morgan fingerprint density at radius 2 is 0.818 bits per heavy atom. The smallest absolute Gasteiger partial charge is 0.386 e. The maximum absolute atomic E-state index is 14.9. The summed E-state index contributed by atoms with van der Waals surface area (Å²) in [6.45, 7) is 0.177. The number of benzene rings is 6. The highest BCUT2D eigenvalue weighted by Gasteiger charge is 2.44. The van der Waals surface area contributed by atoms with E-state index in [2.05, 4.69) is 10.6 Å². The van der Waals surface area contributed by atoms with Crippen LogP contribution in [-0.4, -0.2) is 48.4 Å². The first-order chi connectivity index (χ1) is 35.5. The van der Waals surface area contributed by atoms with Crippen LogP contribution in [0, 0.1) is 23.3 Å². The Labute approximate surface area is 428 Å². The van der Waals surface area contributed by atoms with Gasteiger partial charge >= 0.3 is 36.8 Å². The van der Waals surface area contributed by atoms with Crippen molar-refractivity contribution >= 4 is 17.8 Å². The fourth-order valence-electron chi connectivity index (χ4n) is 8.00. The molecule has 0 aliphatic carbocycles. The molecule has 0 radical (unpaired) electrons. The number of aliphatic hydroxyl groups is 1. The maximum atomic E-state index is 14.9. The van der Waals surface area contributed by atoms with Crippen LogP contribution >= 0.6 is 0 Å². The van der Waals surface area contributed by atoms with E-state index >= 15 is 0 Å². The number of hydrogen-bond donors (Lipinski definition) is 5. The van der Waals surface area contributed by atoms with Crippen LogP contribution < -0.4 is 21.3 Å². The molecule has 0 aliphatic heterocycles. The second kappa shape index (κ2) is 23.3. The van der Waals surface area contributed by atoms with Crippen LogP contribution in [0.1, 0.15) is 81.2 Å². The first-order valence-corrected chi connectivity index (χ1v) is 22.4. The number of ketones is 1. The fraction of sp³-hybridized carbons (Fsp3) is 0.264. The molecule has 0 saturated heterocycles. The predicted molar refractivity (Wildman–Crippen MR) is 248 cm³/mol. The molecule has 412 valence electrons. The van der Waals surface area contributed by atoms with Crippen molar-refractivity contribution in [3.63, 3.8) is 0 Å². The number of carbonyl (C=O) groups excluding carboxylic acids is 3. The molecule has 0 unspecified atom stereocenters. The molecule has 0 saturated carbocycles. The van der Waals surface area contributed by atoms with Gasteiger partial charge in [0, 0.05) is 18.4 Å². The molecule has 6 aromatic rings. The lowest BCUT2D eigenvalue weighted by Crippen LogP contribution is -2.53. The van der Waals surface area contributed by atoms with Crippen LogP contribution in [0.15, 0.2) is 133 Å². The van der Waals surface area contributed by atoms with Gasteiger partial charge in [0.25, 0.3) is 0 Å². The molecule has 0 bridgehead atoms. The summed E-state index contributed by atoms with van der Waals surface area (Å²) in [5, 5.41) is 18.3. The average molecular weight is 1100 g/mol. The normalized spacial score (nSPS) is 13.8. The zero-order valence-electron chi connectivity index (χ0n) is 40.2. The Bertz CT molecular complexity index is 3050. The number of alkyl halides is 12. The van der Waals surface area contributed by atoms with E-state index in [9.17, 15) is 89.7 Å². The van der Waals surface area contributed by atoms with Crippen molar-refractivity contribution in [2.45, 2.75) is 75.0 Å². The Morgan fingerprint density at radius 3 is 1.17 bits per heavy atom. The molecule has 6 rings (SSSR count). The highest BCUT2D eigenvalue weighted by molar-refractivity contribution is 5.94. The molecule has 0 spiro atoms. The van der Waals surface area contributed by atoms with Gasteiger partial charge in [-0.25, -0.2) is 27.2 Å². The monoisotopic (exact) mass is 1100 g/mol. The summed E-state index contributed by atoms with van der Waals surface area (Å²) in [5.41, 5.74) is -10.2. The largest absolute Gasteiger partial charge is 0.419 e. The summed E-state index contributed by atoms with van der Waals surface area (Å²) in [4.78, 5) is 37.6. The number of halogens is 16. The van der Waals surface area contributed by atoms with E-state index in [1.54, 1.807) is 47.0 Å². The van der Waals surface area contributed by atoms with Crippen LogP contribution in [0.2, 0.25) is 0 Å². The van der Waals surface area contributed by atoms with Crippen molar-refractivity contribution < 1.29 is 89.7 Å². The molecule has 77 heavy (non-hydrogen) atoms. The number of amides is 4. The molecule has 0 fully saturated rings. The van der Waals surface area contributed by atoms with E-state index in [4.69, 9.17) is 0 Å². The van der Waals surface area contributed by atoms with Crippen molar-refractivity contribution in [2.24, 2.45) is 0 Å². The van der Waals surface area contributed by atoms with Crippen molar-refractivity contribution in [1.82, 2.24) is 21.3 Å². The van der Waals surface area contributed by atoms with Crippen molar-refractivity contribution in [3.05, 3.63) is 212 Å². The number of urea groups is 2. The minimum absolute atomic E-state index is 0.0365. The minimum Gasteiger partial charge on any atom is -0.386 e. The third-order valence-corrected chi connectivity index (χ3v) is 11.6. The van der Waals surface area contributed by atoms with Gasteiger partial charge in [0.2, 0.25) is 0 Å². The van der Waals surface area contributed by atoms with Crippen LogP contribution in [0.3, 0.4) is 0 Å². The number of rotatable bonds is 14. The van der Waals surface area contributed by atoms with Crippen LogP contribution in [0.4, 0.5) is 79.8 Å². The highest BCUT2D eigenvalue weighted by atomic mass is 19.4. The lowest BCUT2D eigenvalue weighted by atomic mass is 9.76. The molecule has 0 aliphatic rings. The lowest BCUT2D eigenvalue weighted by Gasteiger charge is -2.37. The molecular weight excluding hydrogens is 1060 g/mol. The Balaban J connectivity index is 0.000000284. The number of nitrogens with one attached hydrogen (secondary N) is 4. The quantitative estimate of drug-likeness (QED) is 0.0551. The number of carbonyl (C=O) groups is 3. The molecule has 24 heteroatoms. The second-order valence-corrected chi connectivity index (χ2v) is 17.9. The van der Waals surface area contributed by atoms with Crippen molar-refractivity contribution in [2.75, 3.05) is 13.1 Å². The molecule has 0 aromatic heterocycles. The Morgan fingerprint density at radius 1 is 0.455 bits per heavy atom. The van der Waals surface area contributed by atoms with E-state index < -0.39 is 124 Å². The Hall–Kier alpha value is -7.63. The summed E-state index contributed by atoms with van der Waals surface area (Å²) in [6.07, 6.45) is -20.8. The van der Waals surface area contributed by atoms with E-state index in [0.717, 1.165) is 49.4 Å². The number of hydrogen-bond acceptors (Lipinski definition) is 4. The van der Waals surface area contributed by atoms with Crippen molar-refractivity contribution in [1.29, 1.82) is 0 Å². The molecule has 6 aromatic carbocycles. The summed E-state index contributed by atoms with van der Waals surface area (Å²) >= 11 is 0. The Kier molecular flexibility index (Phi) is 18.2. The van der Waals surface area contributed by atoms with Gasteiger partial charge in [-0.3, -0.25) is 4.79 Å². The fourth-order valence-corrected chi connectivity index (χ4v) is 8.00. The van der Waals surface area contributed by atoms with E-state index in [1.807, 2.05) is 0 Å². The van der Waals surface area contributed by atoms with Crippen molar-refractivity contribution in [3.8, 4) is 0 Å². The predicted octanol–water partition coefficient (Wildman–Crippen LogP) is 13.1. The molecule has 5 N–H and O–H groups in total. The van der Waals surface area contributed by atoms with Gasteiger partial charge in [-0.2, -0.15) is 52.7 Å². The molecular formula is C53H44F16N4O4. The average Bonchev–Trinajstić information content (AvgIpc) is 3.32. The SMILES string of the molecule is CC(=O)c1cc(F)cc([C@](Cc2ccccc2)(NC(=O)NCC(F)(F)F)c2ccc(F)c(C(F)(F)F)c2)c1.CC(C)(O)c1cc(F)cc([C@](Cc2ccccc2)(NC(=O)NCC(F)(F)F)c2ccc(F)c(C(F)(F)F)c2)c1. The van der Waals surface area contributed by atoms with Gasteiger partial charge in [-0.05, 0) is 114 Å². The first-order valence-electron chi connectivity index (χ1n) is 22.4. The first kappa shape index (κ1) is 60.2. The van der Waals surface area contributed by atoms with E-state index in [0.29, 0.717) is 35.4 Å². The van der Waals surface area contributed by atoms with E-state index in [-0.39, 0.29) is 28.7 Å². The minimum atomic E-state index is -5.18. The van der Waals surface area contributed by atoms with Gasteiger partial charge in [-0.1, -0.05) is 78.9 Å². The third-order valence-electron chi connectivity index (χ3n) is 11.6. The molecule has 8 nitrogen and oxygen atoms in total. The zero-order valence-corrected chi connectivity index (χ0v) is 40.2. The van der Waals surface area contributed by atoms with Gasteiger partial charge in [0.15, 0.2) is 5.78 Å². The summed E-state index contributed by atoms with van der Waals surface area (Å²) in [7, 11) is 0. The molecule has 0 heterocycles. The van der Waals surface area contributed by atoms with Crippen LogP contribution in [-0.2, 0) is 41.9 Å². The standard InChI is InChI=1S/C27H24F8N2O2.C26H20F8N2O2/c1-24(2,39)18-10-19(12-20(28)11-18)25(14-16-6-4-3-5-7-16,37-23(38)36-15-26(30,31)32)17-8-9-22(29)21(13-17)27(33,34)35;1-15(37)17-9-19(11-20(27)10-17)24(13-16-5-3-2-4-6-16,36-23(38)35-14-25(29,30)31)18-7-8-22(28)21(12-18)26(32,33)34/h3-13,39H,14-15H2,1-2H3,(H2,36,37,38);2-12H,13-14H2,1H3,(H2,35,36,38)/t25-;24-/m11/s1. The molecule has 2 atom stereocenters. The van der Waals surface area contributed by atoms with Gasteiger partial charge in [0.1, 0.15) is 36.4 Å². The second-order valence-electron chi connectivity index (χ2n) is 17.9. The van der Waals surface area contributed by atoms with Gasteiger partial charge in [0.05, 0.1) is 27.8 Å². The van der Waals surface area contributed by atoms with E-state index in [1.165, 1.54) is 44.2 Å².